The molecule has 1 atom stereocenters. The Labute approximate surface area is 335 Å². The third-order valence-corrected chi connectivity index (χ3v) is 11.1. The fourth-order valence-electron chi connectivity index (χ4n) is 8.22. The van der Waals surface area contributed by atoms with E-state index in [2.05, 4.69) is 180 Å². The zero-order valence-corrected chi connectivity index (χ0v) is 31.5. The van der Waals surface area contributed by atoms with Crippen LogP contribution in [0.15, 0.2) is 221 Å². The standard InChI is InChI=1S/C53H36N4O/c1-4-14-35(15-5-1)37-24-27-43(28-25-37)57(44-29-26-36-16-10-11-21-40(36)30-44)45-33-47(50-46-31-41-22-12-13-23-42(41)32-48(46)58-49(50)34-45)53-55-51(38-17-6-2-7-18-38)54-52(56-53)39-19-8-3-9-20-39/h1-34,53H,(H,54,55,56). The van der Waals surface area contributed by atoms with Crippen LogP contribution in [0.5, 0.6) is 0 Å². The second kappa shape index (κ2) is 14.1. The average molecular weight is 745 g/mol. The fourth-order valence-corrected chi connectivity index (χ4v) is 8.22. The van der Waals surface area contributed by atoms with Crippen LogP contribution in [0.2, 0.25) is 0 Å². The molecule has 58 heavy (non-hydrogen) atoms. The maximum atomic E-state index is 6.89. The number of amidine groups is 2. The van der Waals surface area contributed by atoms with Gasteiger partial charge in [-0.15, -0.1) is 0 Å². The van der Waals surface area contributed by atoms with Crippen molar-refractivity contribution in [3.05, 3.63) is 223 Å². The summed E-state index contributed by atoms with van der Waals surface area (Å²) in [4.78, 5) is 12.8. The Morgan fingerprint density at radius 1 is 0.431 bits per heavy atom. The van der Waals surface area contributed by atoms with Crippen molar-refractivity contribution in [2.75, 3.05) is 4.90 Å². The van der Waals surface area contributed by atoms with Gasteiger partial charge in [-0.25, -0.2) is 9.98 Å². The van der Waals surface area contributed by atoms with E-state index in [4.69, 9.17) is 14.4 Å². The first-order chi connectivity index (χ1) is 28.7. The number of nitrogens with one attached hydrogen (secondary N) is 1. The van der Waals surface area contributed by atoms with E-state index in [9.17, 15) is 0 Å². The largest absolute Gasteiger partial charge is 0.456 e. The van der Waals surface area contributed by atoms with Crippen molar-refractivity contribution in [2.24, 2.45) is 9.98 Å². The third-order valence-electron chi connectivity index (χ3n) is 11.1. The SMILES string of the molecule is c1ccc(C2=NC(c3cc(N(c4ccc(-c5ccccc5)cc4)c4ccc5ccccc5c4)cc4oc5cc6ccccc6cc5c34)NC(c3ccccc3)=N2)cc1. The van der Waals surface area contributed by atoms with Crippen molar-refractivity contribution in [1.29, 1.82) is 0 Å². The van der Waals surface area contributed by atoms with Crippen LogP contribution in [0.3, 0.4) is 0 Å². The van der Waals surface area contributed by atoms with Gasteiger partial charge in [0.25, 0.3) is 0 Å². The molecule has 5 heteroatoms. The first-order valence-corrected chi connectivity index (χ1v) is 19.6. The van der Waals surface area contributed by atoms with Gasteiger partial charge in [-0.3, -0.25) is 0 Å². The van der Waals surface area contributed by atoms with Crippen molar-refractivity contribution in [3.8, 4) is 11.1 Å². The zero-order valence-electron chi connectivity index (χ0n) is 31.5. The average Bonchev–Trinajstić information content (AvgIpc) is 3.66. The second-order valence-corrected chi connectivity index (χ2v) is 14.7. The van der Waals surface area contributed by atoms with Gasteiger partial charge in [-0.1, -0.05) is 158 Å². The summed E-state index contributed by atoms with van der Waals surface area (Å²) >= 11 is 0. The molecular formula is C53H36N4O. The van der Waals surface area contributed by atoms with Crippen LogP contribution >= 0.6 is 0 Å². The van der Waals surface area contributed by atoms with E-state index in [1.54, 1.807) is 0 Å². The summed E-state index contributed by atoms with van der Waals surface area (Å²) in [5, 5.41) is 10.5. The Bertz CT molecular complexity index is 3190. The highest BCUT2D eigenvalue weighted by molar-refractivity contribution is 6.15. The highest BCUT2D eigenvalue weighted by Gasteiger charge is 2.27. The van der Waals surface area contributed by atoms with Gasteiger partial charge in [-0.05, 0) is 75.1 Å². The maximum absolute atomic E-state index is 6.89. The molecular weight excluding hydrogens is 709 g/mol. The summed E-state index contributed by atoms with van der Waals surface area (Å²) in [6.07, 6.45) is -0.489. The topological polar surface area (TPSA) is 53.1 Å². The summed E-state index contributed by atoms with van der Waals surface area (Å²) in [6, 6.07) is 72.3. The molecule has 0 spiro atoms. The van der Waals surface area contributed by atoms with E-state index in [0.29, 0.717) is 5.84 Å². The summed E-state index contributed by atoms with van der Waals surface area (Å²) in [5.41, 5.74) is 9.90. The predicted octanol–water partition coefficient (Wildman–Crippen LogP) is 13.5. The van der Waals surface area contributed by atoms with Crippen LogP contribution < -0.4 is 10.2 Å². The first kappa shape index (κ1) is 33.6. The number of furan rings is 1. The summed E-state index contributed by atoms with van der Waals surface area (Å²) < 4.78 is 6.89. The van der Waals surface area contributed by atoms with E-state index in [0.717, 1.165) is 83.2 Å². The van der Waals surface area contributed by atoms with Gasteiger partial charge in [0.15, 0.2) is 5.84 Å². The van der Waals surface area contributed by atoms with E-state index in [1.165, 1.54) is 10.9 Å². The zero-order chi connectivity index (χ0) is 38.4. The molecule has 9 aromatic carbocycles. The summed E-state index contributed by atoms with van der Waals surface area (Å²) in [6.45, 7) is 0. The minimum absolute atomic E-state index is 0.489. The molecule has 1 aromatic heterocycles. The number of nitrogens with zero attached hydrogens (tertiary/aromatic N) is 3. The molecule has 0 fully saturated rings. The number of aliphatic imine (C=N–C) groups is 2. The minimum atomic E-state index is -0.489. The minimum Gasteiger partial charge on any atom is -0.456 e. The molecule has 1 N–H and O–H groups in total. The van der Waals surface area contributed by atoms with Crippen LogP contribution in [-0.4, -0.2) is 11.7 Å². The molecule has 0 amide bonds. The molecule has 10 aromatic rings. The molecule has 0 saturated carbocycles. The molecule has 1 unspecified atom stereocenters. The molecule has 11 rings (SSSR count). The van der Waals surface area contributed by atoms with Crippen LogP contribution in [0.1, 0.15) is 22.9 Å². The van der Waals surface area contributed by atoms with Crippen LogP contribution in [0, 0.1) is 0 Å². The lowest BCUT2D eigenvalue weighted by molar-refractivity contribution is 0.662. The third kappa shape index (κ3) is 6.06. The van der Waals surface area contributed by atoms with Gasteiger partial charge in [-0.2, -0.15) is 0 Å². The van der Waals surface area contributed by atoms with Crippen molar-refractivity contribution in [1.82, 2.24) is 5.32 Å². The Morgan fingerprint density at radius 2 is 1.00 bits per heavy atom. The lowest BCUT2D eigenvalue weighted by Crippen LogP contribution is -2.33. The first-order valence-electron chi connectivity index (χ1n) is 19.6. The van der Waals surface area contributed by atoms with E-state index >= 15 is 0 Å². The van der Waals surface area contributed by atoms with E-state index < -0.39 is 6.17 Å². The van der Waals surface area contributed by atoms with Gasteiger partial charge in [0.1, 0.15) is 23.2 Å². The Morgan fingerprint density at radius 3 is 1.71 bits per heavy atom. The molecule has 0 aliphatic carbocycles. The lowest BCUT2D eigenvalue weighted by Gasteiger charge is -2.28. The Kier molecular flexibility index (Phi) is 8.14. The fraction of sp³-hybridized carbons (Fsp3) is 0.0189. The van der Waals surface area contributed by atoms with Crippen molar-refractivity contribution in [3.63, 3.8) is 0 Å². The van der Waals surface area contributed by atoms with Gasteiger partial charge in [0, 0.05) is 44.9 Å². The van der Waals surface area contributed by atoms with Crippen molar-refractivity contribution >= 4 is 72.2 Å². The van der Waals surface area contributed by atoms with E-state index in [-0.39, 0.29) is 0 Å². The summed E-state index contributed by atoms with van der Waals surface area (Å²) in [7, 11) is 0. The predicted molar refractivity (Wildman–Crippen MR) is 241 cm³/mol. The quantitative estimate of drug-likeness (QED) is 0.177. The van der Waals surface area contributed by atoms with Gasteiger partial charge < -0.3 is 14.6 Å². The van der Waals surface area contributed by atoms with Crippen LogP contribution in [0.4, 0.5) is 17.1 Å². The van der Waals surface area contributed by atoms with Gasteiger partial charge in [0.05, 0.1) is 5.69 Å². The molecule has 1 aliphatic rings. The molecule has 0 saturated heterocycles. The molecule has 2 heterocycles. The highest BCUT2D eigenvalue weighted by atomic mass is 16.3. The number of rotatable bonds is 7. The molecule has 0 radical (unpaired) electrons. The molecule has 1 aliphatic heterocycles. The normalized spacial score (nSPS) is 14.0. The van der Waals surface area contributed by atoms with Crippen LogP contribution in [0.25, 0.3) is 54.6 Å². The van der Waals surface area contributed by atoms with Crippen molar-refractivity contribution in [2.45, 2.75) is 6.17 Å². The Balaban J connectivity index is 1.16. The summed E-state index contributed by atoms with van der Waals surface area (Å²) in [5.74, 6) is 1.43. The van der Waals surface area contributed by atoms with Gasteiger partial charge in [0.2, 0.25) is 0 Å². The highest BCUT2D eigenvalue weighted by Crippen LogP contribution is 2.44. The number of benzene rings is 9. The smallest absolute Gasteiger partial charge is 0.159 e. The number of hydrogen-bond acceptors (Lipinski definition) is 5. The van der Waals surface area contributed by atoms with Gasteiger partial charge >= 0.3 is 0 Å². The molecule has 274 valence electrons. The number of hydrogen-bond donors (Lipinski definition) is 1. The maximum Gasteiger partial charge on any atom is 0.159 e. The molecule has 5 nitrogen and oxygen atoms in total. The number of fused-ring (bicyclic) bond motifs is 5. The molecule has 0 bridgehead atoms. The lowest BCUT2D eigenvalue weighted by atomic mass is 9.99. The van der Waals surface area contributed by atoms with E-state index in [1.807, 2.05) is 36.4 Å². The van der Waals surface area contributed by atoms with Crippen molar-refractivity contribution < 1.29 is 4.42 Å². The monoisotopic (exact) mass is 744 g/mol. The second-order valence-electron chi connectivity index (χ2n) is 14.7. The Hall–Kier alpha value is -7.76. The number of anilines is 3. The van der Waals surface area contributed by atoms with Crippen LogP contribution in [-0.2, 0) is 0 Å².